The van der Waals surface area contributed by atoms with Crippen LogP contribution in [0.25, 0.3) is 0 Å². The molecule has 1 saturated carbocycles. The zero-order chi connectivity index (χ0) is 13.8. The Morgan fingerprint density at radius 3 is 2.22 bits per heavy atom. The van der Waals surface area contributed by atoms with Crippen LogP contribution in [0.5, 0.6) is 0 Å². The second-order valence-electron chi connectivity index (χ2n) is 5.86. The van der Waals surface area contributed by atoms with E-state index in [-0.39, 0.29) is 5.92 Å². The summed E-state index contributed by atoms with van der Waals surface area (Å²) in [4.78, 5) is 22.8. The molecule has 1 fully saturated rings. The van der Waals surface area contributed by atoms with Crippen molar-refractivity contribution >= 4 is 12.1 Å². The standard InChI is InChI=1S/C13H23NO4/c1-13(2,3)18-11(15)10(14-12(16)17)9-7-5-4-6-8-9/h9-10,14H,4-8H2,1-3H3,(H,16,17). The predicted octanol–water partition coefficient (Wildman–Crippen LogP) is 2.54. The van der Waals surface area contributed by atoms with Crippen molar-refractivity contribution in [1.29, 1.82) is 0 Å². The van der Waals surface area contributed by atoms with Gasteiger partial charge in [0.15, 0.2) is 0 Å². The van der Waals surface area contributed by atoms with Gasteiger partial charge >= 0.3 is 12.1 Å². The maximum atomic E-state index is 12.0. The Balaban J connectivity index is 2.70. The van der Waals surface area contributed by atoms with E-state index >= 15 is 0 Å². The average molecular weight is 257 g/mol. The monoisotopic (exact) mass is 257 g/mol. The second kappa shape index (κ2) is 6.07. The molecule has 0 aromatic carbocycles. The minimum absolute atomic E-state index is 0.0599. The molecule has 5 heteroatoms. The van der Waals surface area contributed by atoms with Gasteiger partial charge in [0.1, 0.15) is 11.6 Å². The Kier molecular flexibility index (Phi) is 4.99. The summed E-state index contributed by atoms with van der Waals surface area (Å²) in [6.45, 7) is 5.34. The summed E-state index contributed by atoms with van der Waals surface area (Å²) in [5.41, 5.74) is -0.593. The van der Waals surface area contributed by atoms with Crippen LogP contribution in [-0.2, 0) is 9.53 Å². The van der Waals surface area contributed by atoms with E-state index < -0.39 is 23.7 Å². The molecule has 0 radical (unpaired) electrons. The fourth-order valence-electron chi connectivity index (χ4n) is 2.34. The summed E-state index contributed by atoms with van der Waals surface area (Å²) in [7, 11) is 0. The predicted molar refractivity (Wildman–Crippen MR) is 67.4 cm³/mol. The van der Waals surface area contributed by atoms with Crippen LogP contribution >= 0.6 is 0 Å². The molecule has 0 heterocycles. The van der Waals surface area contributed by atoms with Crippen LogP contribution in [0.1, 0.15) is 52.9 Å². The number of esters is 1. The van der Waals surface area contributed by atoms with E-state index in [2.05, 4.69) is 5.32 Å². The minimum atomic E-state index is -1.17. The molecule has 1 aliphatic rings. The van der Waals surface area contributed by atoms with Crippen molar-refractivity contribution in [2.75, 3.05) is 0 Å². The maximum absolute atomic E-state index is 12.0. The summed E-state index contributed by atoms with van der Waals surface area (Å²) in [6.07, 6.45) is 3.84. The van der Waals surface area contributed by atoms with Gasteiger partial charge in [-0.3, -0.25) is 0 Å². The Morgan fingerprint density at radius 2 is 1.78 bits per heavy atom. The lowest BCUT2D eigenvalue weighted by molar-refractivity contribution is -0.159. The fraction of sp³-hybridized carbons (Fsp3) is 0.846. The molecular formula is C13H23NO4. The first-order valence-electron chi connectivity index (χ1n) is 6.52. The van der Waals surface area contributed by atoms with Crippen molar-refractivity contribution in [2.24, 2.45) is 5.92 Å². The van der Waals surface area contributed by atoms with Crippen LogP contribution in [0.3, 0.4) is 0 Å². The third-order valence-corrected chi connectivity index (χ3v) is 3.06. The lowest BCUT2D eigenvalue weighted by Crippen LogP contribution is -2.48. The molecule has 2 N–H and O–H groups in total. The number of hydrogen-bond acceptors (Lipinski definition) is 3. The van der Waals surface area contributed by atoms with Crippen molar-refractivity contribution in [1.82, 2.24) is 5.32 Å². The summed E-state index contributed by atoms with van der Waals surface area (Å²) >= 11 is 0. The maximum Gasteiger partial charge on any atom is 0.405 e. The zero-order valence-corrected chi connectivity index (χ0v) is 11.4. The van der Waals surface area contributed by atoms with Gasteiger partial charge in [-0.15, -0.1) is 0 Å². The van der Waals surface area contributed by atoms with Crippen LogP contribution in [0.4, 0.5) is 4.79 Å². The molecule has 0 spiro atoms. The van der Waals surface area contributed by atoms with Crippen LogP contribution in [-0.4, -0.2) is 28.8 Å². The number of carboxylic acid groups (broad SMARTS) is 1. The van der Waals surface area contributed by atoms with Gasteiger partial charge < -0.3 is 15.2 Å². The summed E-state index contributed by atoms with van der Waals surface area (Å²) in [5.74, 6) is -0.401. The van der Waals surface area contributed by atoms with Gasteiger partial charge in [0, 0.05) is 0 Å². The average Bonchev–Trinajstić information content (AvgIpc) is 2.24. The number of amides is 1. The number of carbonyl (C=O) groups is 2. The first-order valence-corrected chi connectivity index (χ1v) is 6.52. The molecule has 104 valence electrons. The van der Waals surface area contributed by atoms with E-state index in [4.69, 9.17) is 9.84 Å². The normalized spacial score (nSPS) is 19.1. The number of hydrogen-bond donors (Lipinski definition) is 2. The largest absolute Gasteiger partial charge is 0.465 e. The SMILES string of the molecule is CC(C)(C)OC(=O)C(NC(=O)O)C1CCCCC1. The molecule has 1 unspecified atom stereocenters. The van der Waals surface area contributed by atoms with E-state index in [0.29, 0.717) is 0 Å². The van der Waals surface area contributed by atoms with Crippen molar-refractivity contribution in [3.63, 3.8) is 0 Å². The van der Waals surface area contributed by atoms with Crippen LogP contribution < -0.4 is 5.32 Å². The van der Waals surface area contributed by atoms with E-state index in [0.717, 1.165) is 32.1 Å². The molecule has 1 amide bonds. The number of carbonyl (C=O) groups excluding carboxylic acids is 1. The van der Waals surface area contributed by atoms with Gasteiger partial charge in [0.2, 0.25) is 0 Å². The van der Waals surface area contributed by atoms with Gasteiger partial charge in [-0.2, -0.15) is 0 Å². The molecular weight excluding hydrogens is 234 g/mol. The van der Waals surface area contributed by atoms with Gasteiger partial charge in [-0.25, -0.2) is 9.59 Å². The zero-order valence-electron chi connectivity index (χ0n) is 11.4. The summed E-state index contributed by atoms with van der Waals surface area (Å²) in [6, 6.07) is -0.734. The van der Waals surface area contributed by atoms with Crippen LogP contribution in [0, 0.1) is 5.92 Å². The highest BCUT2D eigenvalue weighted by Gasteiger charge is 2.34. The molecule has 0 bridgehead atoms. The minimum Gasteiger partial charge on any atom is -0.465 e. The van der Waals surface area contributed by atoms with Gasteiger partial charge in [0.25, 0.3) is 0 Å². The van der Waals surface area contributed by atoms with Gasteiger partial charge in [-0.05, 0) is 39.5 Å². The molecule has 0 aliphatic heterocycles. The molecule has 1 atom stereocenters. The molecule has 0 saturated heterocycles. The Labute approximate surface area is 108 Å². The lowest BCUT2D eigenvalue weighted by atomic mass is 9.84. The first kappa shape index (κ1) is 14.8. The second-order valence-corrected chi connectivity index (χ2v) is 5.86. The third-order valence-electron chi connectivity index (χ3n) is 3.06. The summed E-state index contributed by atoms with van der Waals surface area (Å²) in [5, 5.41) is 11.2. The number of ether oxygens (including phenoxy) is 1. The third kappa shape index (κ3) is 4.94. The van der Waals surface area contributed by atoms with Crippen molar-refractivity contribution in [3.8, 4) is 0 Å². The van der Waals surface area contributed by atoms with Crippen LogP contribution in [0.2, 0.25) is 0 Å². The van der Waals surface area contributed by atoms with E-state index in [1.807, 2.05) is 0 Å². The highest BCUT2D eigenvalue weighted by molar-refractivity contribution is 5.81. The van der Waals surface area contributed by atoms with Crippen molar-refractivity contribution in [2.45, 2.75) is 64.5 Å². The topological polar surface area (TPSA) is 75.6 Å². The van der Waals surface area contributed by atoms with E-state index in [1.165, 1.54) is 0 Å². The molecule has 1 rings (SSSR count). The molecule has 0 aromatic rings. The number of rotatable bonds is 3. The molecule has 18 heavy (non-hydrogen) atoms. The Morgan fingerprint density at radius 1 is 1.22 bits per heavy atom. The van der Waals surface area contributed by atoms with E-state index in [1.54, 1.807) is 20.8 Å². The van der Waals surface area contributed by atoms with Gasteiger partial charge in [-0.1, -0.05) is 19.3 Å². The highest BCUT2D eigenvalue weighted by Crippen LogP contribution is 2.27. The van der Waals surface area contributed by atoms with Crippen LogP contribution in [0.15, 0.2) is 0 Å². The Hall–Kier alpha value is -1.26. The fourth-order valence-corrected chi connectivity index (χ4v) is 2.34. The quantitative estimate of drug-likeness (QED) is 0.762. The first-order chi connectivity index (χ1) is 8.29. The molecule has 5 nitrogen and oxygen atoms in total. The van der Waals surface area contributed by atoms with E-state index in [9.17, 15) is 9.59 Å². The smallest absolute Gasteiger partial charge is 0.405 e. The van der Waals surface area contributed by atoms with Gasteiger partial charge in [0.05, 0.1) is 0 Å². The van der Waals surface area contributed by atoms with Crippen molar-refractivity contribution < 1.29 is 19.4 Å². The molecule has 0 aromatic heterocycles. The molecule has 1 aliphatic carbocycles. The summed E-state index contributed by atoms with van der Waals surface area (Å²) < 4.78 is 5.29. The highest BCUT2D eigenvalue weighted by atomic mass is 16.6. The van der Waals surface area contributed by atoms with Crippen molar-refractivity contribution in [3.05, 3.63) is 0 Å². The Bertz CT molecular complexity index is 303. The number of nitrogens with one attached hydrogen (secondary N) is 1. The lowest BCUT2D eigenvalue weighted by Gasteiger charge is -2.31.